The van der Waals surface area contributed by atoms with E-state index in [2.05, 4.69) is 35.9 Å². The number of anilines is 4. The number of carbonyl (C=O) groups excluding carboxylic acids is 1. The van der Waals surface area contributed by atoms with Crippen LogP contribution in [0.25, 0.3) is 0 Å². The summed E-state index contributed by atoms with van der Waals surface area (Å²) in [6.07, 6.45) is -3.30. The molecule has 0 atom stereocenters. The highest BCUT2D eigenvalue weighted by atomic mass is 19.4. The molecule has 166 valence electrons. The molecule has 0 saturated carbocycles. The largest absolute Gasteiger partial charge is 0.421 e. The van der Waals surface area contributed by atoms with Crippen molar-refractivity contribution in [1.29, 1.82) is 0 Å². The Hall–Kier alpha value is -3.76. The molecule has 4 rings (SSSR count). The van der Waals surface area contributed by atoms with Crippen LogP contribution in [0.4, 0.5) is 36.3 Å². The van der Waals surface area contributed by atoms with Gasteiger partial charge in [0.1, 0.15) is 17.2 Å². The van der Waals surface area contributed by atoms with Crippen LogP contribution in [0, 0.1) is 13.8 Å². The van der Waals surface area contributed by atoms with E-state index in [0.29, 0.717) is 23.6 Å². The number of aryl methyl sites for hydroxylation is 2. The zero-order valence-electron chi connectivity index (χ0n) is 17.3. The topological polar surface area (TPSA) is 105 Å². The zero-order valence-corrected chi connectivity index (χ0v) is 17.3. The molecule has 8 nitrogen and oxygen atoms in total. The maximum absolute atomic E-state index is 13.4. The molecule has 0 unspecified atom stereocenters. The van der Waals surface area contributed by atoms with Gasteiger partial charge in [-0.2, -0.15) is 18.2 Å². The first-order valence-corrected chi connectivity index (χ1v) is 9.86. The molecule has 11 heteroatoms. The average Bonchev–Trinajstić information content (AvgIpc) is 3.06. The van der Waals surface area contributed by atoms with Gasteiger partial charge in [0.15, 0.2) is 0 Å². The number of aromatic nitrogens is 4. The molecule has 1 amide bonds. The summed E-state index contributed by atoms with van der Waals surface area (Å²) in [6, 6.07) is 6.97. The van der Waals surface area contributed by atoms with Gasteiger partial charge in [-0.1, -0.05) is 0 Å². The lowest BCUT2D eigenvalue weighted by atomic mass is 10.1. The fourth-order valence-electron chi connectivity index (χ4n) is 3.42. The second-order valence-electron chi connectivity index (χ2n) is 7.42. The third-order valence-electron chi connectivity index (χ3n) is 4.75. The Labute approximate surface area is 181 Å². The number of alkyl halides is 3. The lowest BCUT2D eigenvalue weighted by Crippen LogP contribution is -2.16. The van der Waals surface area contributed by atoms with Crippen LogP contribution in [-0.2, 0) is 23.8 Å². The lowest BCUT2D eigenvalue weighted by molar-refractivity contribution is -0.137. The summed E-state index contributed by atoms with van der Waals surface area (Å²) in [5.74, 6) is 0.0947. The molecular formula is C21H20F3N7O. The number of nitrogens with zero attached hydrogens (tertiary/aromatic N) is 4. The summed E-state index contributed by atoms with van der Waals surface area (Å²) in [4.78, 5) is 27.9. The number of fused-ring (bicyclic) bond motifs is 1. The number of halogens is 3. The summed E-state index contributed by atoms with van der Waals surface area (Å²) < 4.78 is 40.3. The summed E-state index contributed by atoms with van der Waals surface area (Å²) in [5.41, 5.74) is 2.69. The number of amides is 1. The Bertz CT molecular complexity index is 1160. The zero-order chi connectivity index (χ0) is 22.9. The van der Waals surface area contributed by atoms with E-state index in [9.17, 15) is 18.0 Å². The van der Waals surface area contributed by atoms with E-state index in [1.807, 2.05) is 19.9 Å². The van der Waals surface area contributed by atoms with E-state index in [4.69, 9.17) is 0 Å². The predicted molar refractivity (Wildman–Crippen MR) is 113 cm³/mol. The van der Waals surface area contributed by atoms with Crippen LogP contribution in [0.3, 0.4) is 0 Å². The fourth-order valence-corrected chi connectivity index (χ4v) is 3.42. The molecule has 0 fully saturated rings. The number of hydrogen-bond acceptors (Lipinski definition) is 7. The number of benzene rings is 1. The molecule has 3 aromatic rings. The van der Waals surface area contributed by atoms with Crippen LogP contribution in [0.15, 0.2) is 30.5 Å². The van der Waals surface area contributed by atoms with Crippen molar-refractivity contribution >= 4 is 29.0 Å². The minimum Gasteiger partial charge on any atom is -0.369 e. The third-order valence-corrected chi connectivity index (χ3v) is 4.75. The first-order chi connectivity index (χ1) is 15.2. The van der Waals surface area contributed by atoms with Crippen LogP contribution in [0.1, 0.15) is 28.3 Å². The van der Waals surface area contributed by atoms with Gasteiger partial charge in [0.05, 0.1) is 6.42 Å². The quantitative estimate of drug-likeness (QED) is 0.532. The Kier molecular flexibility index (Phi) is 5.64. The molecule has 2 aromatic heterocycles. The molecule has 1 aliphatic heterocycles. The second-order valence-corrected chi connectivity index (χ2v) is 7.42. The fraction of sp³-hybridized carbons (Fsp3) is 0.286. The number of rotatable bonds is 6. The van der Waals surface area contributed by atoms with Gasteiger partial charge in [-0.15, -0.1) is 0 Å². The van der Waals surface area contributed by atoms with Gasteiger partial charge in [0, 0.05) is 41.9 Å². The second kappa shape index (κ2) is 8.40. The van der Waals surface area contributed by atoms with E-state index in [0.717, 1.165) is 23.1 Å². The Balaban J connectivity index is 1.52. The van der Waals surface area contributed by atoms with Crippen molar-refractivity contribution < 1.29 is 18.0 Å². The van der Waals surface area contributed by atoms with Gasteiger partial charge < -0.3 is 16.0 Å². The van der Waals surface area contributed by atoms with Gasteiger partial charge in [0.25, 0.3) is 0 Å². The normalized spacial score (nSPS) is 13.0. The van der Waals surface area contributed by atoms with Crippen molar-refractivity contribution in [3.8, 4) is 0 Å². The number of carbonyl (C=O) groups is 1. The van der Waals surface area contributed by atoms with E-state index in [1.165, 1.54) is 0 Å². The summed E-state index contributed by atoms with van der Waals surface area (Å²) in [7, 11) is 0. The molecule has 1 aliphatic rings. The van der Waals surface area contributed by atoms with Crippen LogP contribution in [0.5, 0.6) is 0 Å². The highest BCUT2D eigenvalue weighted by Gasteiger charge is 2.35. The van der Waals surface area contributed by atoms with Crippen molar-refractivity contribution in [3.05, 3.63) is 58.8 Å². The van der Waals surface area contributed by atoms with E-state index < -0.39 is 11.7 Å². The molecule has 1 aromatic carbocycles. The lowest BCUT2D eigenvalue weighted by Gasteiger charge is -2.15. The van der Waals surface area contributed by atoms with Gasteiger partial charge in [-0.25, -0.2) is 15.0 Å². The SMILES string of the molecule is Cc1cc(C)nc(CCNc2nc(Nc3ccc4c(c3)CC(=O)N4)ncc2C(F)(F)F)n1. The van der Waals surface area contributed by atoms with Crippen LogP contribution < -0.4 is 16.0 Å². The molecule has 32 heavy (non-hydrogen) atoms. The van der Waals surface area contributed by atoms with Crippen molar-refractivity contribution in [2.24, 2.45) is 0 Å². The molecule has 3 N–H and O–H groups in total. The Morgan fingerprint density at radius 3 is 2.56 bits per heavy atom. The summed E-state index contributed by atoms with van der Waals surface area (Å²) >= 11 is 0. The molecule has 0 spiro atoms. The first-order valence-electron chi connectivity index (χ1n) is 9.86. The number of hydrogen-bond donors (Lipinski definition) is 3. The van der Waals surface area contributed by atoms with E-state index in [1.54, 1.807) is 18.2 Å². The number of nitrogens with one attached hydrogen (secondary N) is 3. The third kappa shape index (κ3) is 4.93. The first kappa shape index (κ1) is 21.5. The highest BCUT2D eigenvalue weighted by molar-refractivity contribution is 5.99. The van der Waals surface area contributed by atoms with E-state index in [-0.39, 0.29) is 30.6 Å². The average molecular weight is 443 g/mol. The standard InChI is InChI=1S/C21H20F3N7O/c1-11-7-12(2)28-17(27-11)5-6-25-19-15(21(22,23)24)10-26-20(31-19)29-14-3-4-16-13(8-14)9-18(32)30-16/h3-4,7-8,10H,5-6,9H2,1-2H3,(H,30,32)(H2,25,26,29,31). The minimum atomic E-state index is -4.61. The monoisotopic (exact) mass is 443 g/mol. The maximum atomic E-state index is 13.4. The molecule has 3 heterocycles. The van der Waals surface area contributed by atoms with E-state index >= 15 is 0 Å². The Morgan fingerprint density at radius 2 is 1.84 bits per heavy atom. The summed E-state index contributed by atoms with van der Waals surface area (Å²) in [6.45, 7) is 3.83. The smallest absolute Gasteiger partial charge is 0.369 e. The Morgan fingerprint density at radius 1 is 1.09 bits per heavy atom. The van der Waals surface area contributed by atoms with Crippen molar-refractivity contribution in [1.82, 2.24) is 19.9 Å². The summed E-state index contributed by atoms with van der Waals surface area (Å²) in [5, 5.41) is 8.35. The van der Waals surface area contributed by atoms with Crippen LogP contribution in [-0.4, -0.2) is 32.4 Å². The maximum Gasteiger partial charge on any atom is 0.421 e. The molecular weight excluding hydrogens is 423 g/mol. The van der Waals surface area contributed by atoms with Crippen molar-refractivity contribution in [2.75, 3.05) is 22.5 Å². The predicted octanol–water partition coefficient (Wildman–Crippen LogP) is 3.80. The van der Waals surface area contributed by atoms with Crippen molar-refractivity contribution in [2.45, 2.75) is 32.9 Å². The molecule has 0 radical (unpaired) electrons. The van der Waals surface area contributed by atoms with Gasteiger partial charge >= 0.3 is 6.18 Å². The van der Waals surface area contributed by atoms with Crippen LogP contribution in [0.2, 0.25) is 0 Å². The van der Waals surface area contributed by atoms with Gasteiger partial charge in [-0.3, -0.25) is 4.79 Å². The van der Waals surface area contributed by atoms with Crippen molar-refractivity contribution in [3.63, 3.8) is 0 Å². The molecule has 0 bridgehead atoms. The minimum absolute atomic E-state index is 0.000354. The van der Waals surface area contributed by atoms with Gasteiger partial charge in [0.2, 0.25) is 11.9 Å². The molecule has 0 saturated heterocycles. The van der Waals surface area contributed by atoms with Crippen LogP contribution >= 0.6 is 0 Å². The van der Waals surface area contributed by atoms with Gasteiger partial charge in [-0.05, 0) is 43.7 Å². The highest BCUT2D eigenvalue weighted by Crippen LogP contribution is 2.34. The molecule has 0 aliphatic carbocycles.